The Morgan fingerprint density at radius 1 is 1.30 bits per heavy atom. The van der Waals surface area contributed by atoms with Gasteiger partial charge in [-0.1, -0.05) is 41.4 Å². The minimum Gasteiger partial charge on any atom is -0.465 e. The number of fused-ring (bicyclic) bond motifs is 1. The van der Waals surface area contributed by atoms with Gasteiger partial charge in [0.2, 0.25) is 5.91 Å². The van der Waals surface area contributed by atoms with E-state index >= 15 is 0 Å². The van der Waals surface area contributed by atoms with E-state index in [9.17, 15) is 9.59 Å². The molecule has 1 amide bonds. The second-order valence-electron chi connectivity index (χ2n) is 5.88. The van der Waals surface area contributed by atoms with Crippen molar-refractivity contribution in [2.75, 3.05) is 6.61 Å². The van der Waals surface area contributed by atoms with E-state index in [2.05, 4.69) is 5.32 Å². The highest BCUT2D eigenvalue weighted by Gasteiger charge is 2.42. The lowest BCUT2D eigenvalue weighted by Gasteiger charge is -2.35. The number of cyclic esters (lactones) is 1. The highest BCUT2D eigenvalue weighted by Crippen LogP contribution is 2.36. The van der Waals surface area contributed by atoms with Gasteiger partial charge in [0.25, 0.3) is 0 Å². The first-order valence-electron chi connectivity index (χ1n) is 7.61. The van der Waals surface area contributed by atoms with E-state index in [0.29, 0.717) is 29.6 Å². The molecule has 1 aromatic rings. The molecule has 2 aliphatic rings. The van der Waals surface area contributed by atoms with Gasteiger partial charge < -0.3 is 10.1 Å². The molecular formula is C17H17Cl2NO3. The van der Waals surface area contributed by atoms with Gasteiger partial charge in [0.05, 0.1) is 28.5 Å². The summed E-state index contributed by atoms with van der Waals surface area (Å²) in [5.74, 6) is -1.04. The van der Waals surface area contributed by atoms with Gasteiger partial charge in [0.15, 0.2) is 0 Å². The smallest absolute Gasteiger partial charge is 0.310 e. The normalized spacial score (nSPS) is 26.3. The lowest BCUT2D eigenvalue weighted by molar-refractivity contribution is -0.161. The van der Waals surface area contributed by atoms with Gasteiger partial charge in [0.1, 0.15) is 0 Å². The number of nitrogens with one attached hydrogen (secondary N) is 1. The maximum absolute atomic E-state index is 12.5. The van der Waals surface area contributed by atoms with Crippen LogP contribution in [-0.4, -0.2) is 18.5 Å². The fourth-order valence-corrected chi connectivity index (χ4v) is 3.53. The van der Waals surface area contributed by atoms with Crippen LogP contribution in [0, 0.1) is 17.8 Å². The average molecular weight is 354 g/mol. The van der Waals surface area contributed by atoms with Crippen LogP contribution in [-0.2, 0) is 20.9 Å². The zero-order valence-electron chi connectivity index (χ0n) is 12.4. The molecule has 1 aliphatic heterocycles. The number of rotatable bonds is 3. The molecule has 1 saturated heterocycles. The van der Waals surface area contributed by atoms with Crippen LogP contribution in [0.1, 0.15) is 18.4 Å². The van der Waals surface area contributed by atoms with Crippen molar-refractivity contribution in [3.05, 3.63) is 46.0 Å². The number of halogens is 2. The Morgan fingerprint density at radius 2 is 2.13 bits per heavy atom. The molecule has 122 valence electrons. The Hall–Kier alpha value is -1.52. The predicted octanol–water partition coefficient (Wildman–Crippen LogP) is 3.37. The summed E-state index contributed by atoms with van der Waals surface area (Å²) in [5.41, 5.74) is 0.863. The van der Waals surface area contributed by atoms with E-state index in [1.54, 1.807) is 12.1 Å². The number of ether oxygens (including phenoxy) is 1. The average Bonchev–Trinajstić information content (AvgIpc) is 2.55. The first-order chi connectivity index (χ1) is 11.1. The Kier molecular flexibility index (Phi) is 4.93. The topological polar surface area (TPSA) is 55.4 Å². The molecule has 1 aromatic carbocycles. The number of amides is 1. The molecule has 3 rings (SSSR count). The molecule has 1 fully saturated rings. The molecule has 0 bridgehead atoms. The number of hydrogen-bond donors (Lipinski definition) is 1. The number of carbonyl (C=O) groups is 2. The van der Waals surface area contributed by atoms with Gasteiger partial charge >= 0.3 is 5.97 Å². The van der Waals surface area contributed by atoms with Crippen molar-refractivity contribution in [3.8, 4) is 0 Å². The standard InChI is InChI=1S/C17H17Cl2NO3/c18-13-5-4-10(8-14(13)19)9-20-16(21)12-3-1-2-11-6-7-23-17(22)15(11)12/h1-2,4-5,8,11-12,15H,3,6-7,9H2,(H,20,21)/t11-,12?,15+/m1/s1. The van der Waals surface area contributed by atoms with Gasteiger partial charge in [-0.2, -0.15) is 0 Å². The van der Waals surface area contributed by atoms with Crippen LogP contribution in [0.5, 0.6) is 0 Å². The molecule has 1 aliphatic carbocycles. The fourth-order valence-electron chi connectivity index (χ4n) is 3.21. The van der Waals surface area contributed by atoms with Crippen molar-refractivity contribution in [2.45, 2.75) is 19.4 Å². The molecule has 1 N–H and O–H groups in total. The molecule has 23 heavy (non-hydrogen) atoms. The Balaban J connectivity index is 1.66. The van der Waals surface area contributed by atoms with Crippen LogP contribution in [0.15, 0.2) is 30.4 Å². The fraction of sp³-hybridized carbons (Fsp3) is 0.412. The van der Waals surface area contributed by atoms with E-state index in [0.717, 1.165) is 12.0 Å². The third-order valence-electron chi connectivity index (χ3n) is 4.42. The summed E-state index contributed by atoms with van der Waals surface area (Å²) >= 11 is 11.9. The lowest BCUT2D eigenvalue weighted by Crippen LogP contribution is -2.45. The Labute approximate surface area is 144 Å². The van der Waals surface area contributed by atoms with E-state index in [4.69, 9.17) is 27.9 Å². The molecule has 6 heteroatoms. The van der Waals surface area contributed by atoms with E-state index in [1.165, 1.54) is 0 Å². The maximum Gasteiger partial charge on any atom is 0.310 e. The molecule has 4 nitrogen and oxygen atoms in total. The highest BCUT2D eigenvalue weighted by molar-refractivity contribution is 6.42. The Bertz CT molecular complexity index is 659. The first kappa shape index (κ1) is 16.3. The highest BCUT2D eigenvalue weighted by atomic mass is 35.5. The molecule has 0 aromatic heterocycles. The van der Waals surface area contributed by atoms with E-state index < -0.39 is 0 Å². The summed E-state index contributed by atoms with van der Waals surface area (Å²) in [6.45, 7) is 0.782. The van der Waals surface area contributed by atoms with Gasteiger partial charge in [0, 0.05) is 6.54 Å². The summed E-state index contributed by atoms with van der Waals surface area (Å²) in [7, 11) is 0. The number of benzene rings is 1. The van der Waals surface area contributed by atoms with Crippen molar-refractivity contribution in [2.24, 2.45) is 17.8 Å². The summed E-state index contributed by atoms with van der Waals surface area (Å²) < 4.78 is 5.13. The van der Waals surface area contributed by atoms with Crippen LogP contribution in [0.3, 0.4) is 0 Å². The quantitative estimate of drug-likeness (QED) is 0.669. The van der Waals surface area contributed by atoms with Crippen LogP contribution in [0.2, 0.25) is 10.0 Å². The number of carbonyl (C=O) groups excluding carboxylic acids is 2. The van der Waals surface area contributed by atoms with Crippen molar-refractivity contribution in [1.29, 1.82) is 0 Å². The van der Waals surface area contributed by atoms with Gasteiger partial charge in [-0.15, -0.1) is 0 Å². The number of allylic oxidation sites excluding steroid dienone is 2. The minimum atomic E-state index is -0.374. The molecule has 3 atom stereocenters. The molecule has 0 radical (unpaired) electrons. The Morgan fingerprint density at radius 3 is 2.91 bits per heavy atom. The summed E-state index contributed by atoms with van der Waals surface area (Å²) in [6, 6.07) is 5.23. The van der Waals surface area contributed by atoms with Gasteiger partial charge in [-0.25, -0.2) is 0 Å². The van der Waals surface area contributed by atoms with E-state index in [-0.39, 0.29) is 29.6 Å². The predicted molar refractivity (Wildman–Crippen MR) is 88.1 cm³/mol. The second kappa shape index (κ2) is 6.93. The number of hydrogen-bond acceptors (Lipinski definition) is 3. The minimum absolute atomic E-state index is 0.103. The third kappa shape index (κ3) is 3.54. The van der Waals surface area contributed by atoms with Crippen molar-refractivity contribution < 1.29 is 14.3 Å². The zero-order valence-corrected chi connectivity index (χ0v) is 13.9. The molecule has 1 unspecified atom stereocenters. The summed E-state index contributed by atoms with van der Waals surface area (Å²) in [4.78, 5) is 24.5. The van der Waals surface area contributed by atoms with Crippen molar-refractivity contribution >= 4 is 35.1 Å². The third-order valence-corrected chi connectivity index (χ3v) is 5.16. The maximum atomic E-state index is 12.5. The van der Waals surface area contributed by atoms with Gasteiger partial charge in [-0.05, 0) is 36.5 Å². The van der Waals surface area contributed by atoms with Gasteiger partial charge in [-0.3, -0.25) is 9.59 Å². The van der Waals surface area contributed by atoms with Crippen LogP contribution < -0.4 is 5.32 Å². The summed E-state index contributed by atoms with van der Waals surface area (Å²) in [5, 5.41) is 3.82. The zero-order chi connectivity index (χ0) is 16.4. The van der Waals surface area contributed by atoms with E-state index in [1.807, 2.05) is 18.2 Å². The monoisotopic (exact) mass is 353 g/mol. The van der Waals surface area contributed by atoms with Crippen LogP contribution >= 0.6 is 23.2 Å². The SMILES string of the molecule is O=C(NCc1ccc(Cl)c(Cl)c1)C1CC=C[C@@H]2CCOC(=O)[C@H]12. The first-order valence-corrected chi connectivity index (χ1v) is 8.37. The van der Waals surface area contributed by atoms with Crippen molar-refractivity contribution in [3.63, 3.8) is 0 Å². The van der Waals surface area contributed by atoms with Crippen LogP contribution in [0.4, 0.5) is 0 Å². The molecule has 0 saturated carbocycles. The van der Waals surface area contributed by atoms with Crippen molar-refractivity contribution in [1.82, 2.24) is 5.32 Å². The number of esters is 1. The molecule has 0 spiro atoms. The molecule has 1 heterocycles. The molecular weight excluding hydrogens is 337 g/mol. The lowest BCUT2D eigenvalue weighted by atomic mass is 9.73. The summed E-state index contributed by atoms with van der Waals surface area (Å²) in [6.07, 6.45) is 5.37. The largest absolute Gasteiger partial charge is 0.465 e. The second-order valence-corrected chi connectivity index (χ2v) is 6.70. The van der Waals surface area contributed by atoms with Crippen LogP contribution in [0.25, 0.3) is 0 Å².